The van der Waals surface area contributed by atoms with Gasteiger partial charge in [-0.2, -0.15) is 0 Å². The van der Waals surface area contributed by atoms with Crippen molar-refractivity contribution in [3.05, 3.63) is 59.7 Å². The van der Waals surface area contributed by atoms with Crippen molar-refractivity contribution >= 4 is 5.91 Å². The largest absolute Gasteiger partial charge is 0.392 e. The number of carbonyl (C=O) groups is 1. The molecular weight excluding hydrogens is 350 g/mol. The minimum absolute atomic E-state index is 0.104. The number of amides is 1. The first-order valence-corrected chi connectivity index (χ1v) is 10.4. The summed E-state index contributed by atoms with van der Waals surface area (Å²) in [5.41, 5.74) is 2.35. The summed E-state index contributed by atoms with van der Waals surface area (Å²) in [5, 5.41) is 20.9. The van der Waals surface area contributed by atoms with Crippen molar-refractivity contribution in [1.82, 2.24) is 4.90 Å². The molecule has 0 heterocycles. The molecule has 0 unspecified atom stereocenters. The predicted octanol–water partition coefficient (Wildman–Crippen LogP) is 3.87. The summed E-state index contributed by atoms with van der Waals surface area (Å²) in [5.74, 6) is 1.18. The number of benzene rings is 1. The zero-order valence-electron chi connectivity index (χ0n) is 17.0. The lowest BCUT2D eigenvalue weighted by Crippen LogP contribution is -2.21. The Kier molecular flexibility index (Phi) is 7.08. The standard InChI is InChI=1S/C24H33NO3/c1-25(2)24(28)11-7-6-8-17-14-19-16-23(27)20(21(19)15-17)12-13-22(26)18-9-4-3-5-10-18/h3-5,9-10,12-14,19-23,26-27H,6-8,11,15-16H2,1-2H3/b13-12+/t19-,20+,21-,22-,23+/m0/s1. The molecule has 2 N–H and O–H groups in total. The van der Waals surface area contributed by atoms with Gasteiger partial charge in [0.2, 0.25) is 5.91 Å². The summed E-state index contributed by atoms with van der Waals surface area (Å²) in [6.45, 7) is 0. The third-order valence-electron chi connectivity index (χ3n) is 6.24. The average Bonchev–Trinajstić information content (AvgIpc) is 3.20. The van der Waals surface area contributed by atoms with E-state index in [1.807, 2.05) is 42.5 Å². The summed E-state index contributed by atoms with van der Waals surface area (Å²) in [7, 11) is 3.60. The molecule has 0 spiro atoms. The molecule has 0 aliphatic heterocycles. The van der Waals surface area contributed by atoms with Gasteiger partial charge in [-0.1, -0.05) is 54.1 Å². The molecule has 3 rings (SSSR count). The van der Waals surface area contributed by atoms with Gasteiger partial charge in [0.1, 0.15) is 0 Å². The van der Waals surface area contributed by atoms with Gasteiger partial charge >= 0.3 is 0 Å². The highest BCUT2D eigenvalue weighted by molar-refractivity contribution is 5.75. The Balaban J connectivity index is 1.50. The van der Waals surface area contributed by atoms with E-state index in [9.17, 15) is 15.0 Å². The average molecular weight is 384 g/mol. The number of aliphatic hydroxyl groups excluding tert-OH is 2. The summed E-state index contributed by atoms with van der Waals surface area (Å²) in [6, 6.07) is 9.62. The minimum Gasteiger partial charge on any atom is -0.392 e. The van der Waals surface area contributed by atoms with Crippen LogP contribution < -0.4 is 0 Å². The van der Waals surface area contributed by atoms with Crippen molar-refractivity contribution in [3.8, 4) is 0 Å². The predicted molar refractivity (Wildman–Crippen MR) is 111 cm³/mol. The van der Waals surface area contributed by atoms with E-state index in [4.69, 9.17) is 0 Å². The fraction of sp³-hybridized carbons (Fsp3) is 0.542. The number of unbranched alkanes of at least 4 members (excludes halogenated alkanes) is 1. The van der Waals surface area contributed by atoms with Crippen LogP contribution in [0.5, 0.6) is 0 Å². The summed E-state index contributed by atoms with van der Waals surface area (Å²) >= 11 is 0. The van der Waals surface area contributed by atoms with Crippen LogP contribution in [0.2, 0.25) is 0 Å². The van der Waals surface area contributed by atoms with E-state index in [2.05, 4.69) is 6.08 Å². The maximum Gasteiger partial charge on any atom is 0.222 e. The van der Waals surface area contributed by atoms with Crippen LogP contribution in [0.3, 0.4) is 0 Å². The number of carbonyl (C=O) groups excluding carboxylic acids is 1. The second kappa shape index (κ2) is 9.53. The van der Waals surface area contributed by atoms with E-state index in [0.717, 1.165) is 37.7 Å². The zero-order chi connectivity index (χ0) is 20.1. The Hall–Kier alpha value is -1.91. The highest BCUT2D eigenvalue weighted by Gasteiger charge is 2.43. The van der Waals surface area contributed by atoms with Crippen LogP contribution in [-0.2, 0) is 4.79 Å². The number of hydrogen-bond donors (Lipinski definition) is 2. The van der Waals surface area contributed by atoms with Gasteiger partial charge in [0, 0.05) is 26.4 Å². The van der Waals surface area contributed by atoms with Gasteiger partial charge in [0.15, 0.2) is 0 Å². The molecule has 2 aliphatic rings. The first kappa shape index (κ1) is 20.8. The van der Waals surface area contributed by atoms with Gasteiger partial charge in [-0.15, -0.1) is 0 Å². The number of fused-ring (bicyclic) bond motifs is 1. The Morgan fingerprint density at radius 3 is 2.71 bits per heavy atom. The normalized spacial score (nSPS) is 27.6. The molecule has 5 atom stereocenters. The number of hydrogen-bond acceptors (Lipinski definition) is 3. The Bertz CT molecular complexity index is 710. The first-order valence-electron chi connectivity index (χ1n) is 10.4. The highest BCUT2D eigenvalue weighted by atomic mass is 16.3. The Morgan fingerprint density at radius 2 is 2.00 bits per heavy atom. The Morgan fingerprint density at radius 1 is 1.25 bits per heavy atom. The lowest BCUT2D eigenvalue weighted by atomic mass is 9.88. The third-order valence-corrected chi connectivity index (χ3v) is 6.24. The Labute approximate surface area is 168 Å². The molecule has 4 nitrogen and oxygen atoms in total. The van der Waals surface area contributed by atoms with Crippen LogP contribution >= 0.6 is 0 Å². The molecule has 1 amide bonds. The summed E-state index contributed by atoms with van der Waals surface area (Å²) in [6.07, 6.45) is 10.7. The fourth-order valence-corrected chi connectivity index (χ4v) is 4.64. The molecular formula is C24H33NO3. The fourth-order valence-electron chi connectivity index (χ4n) is 4.64. The second-order valence-corrected chi connectivity index (χ2v) is 8.47. The quantitative estimate of drug-likeness (QED) is 0.529. The van der Waals surface area contributed by atoms with E-state index in [0.29, 0.717) is 18.3 Å². The van der Waals surface area contributed by atoms with Crippen LogP contribution in [0.1, 0.15) is 50.2 Å². The molecule has 1 fully saturated rings. The molecule has 0 aromatic heterocycles. The molecule has 152 valence electrons. The number of allylic oxidation sites excluding steroid dienone is 2. The lowest BCUT2D eigenvalue weighted by Gasteiger charge is -2.19. The van der Waals surface area contributed by atoms with E-state index in [-0.39, 0.29) is 17.9 Å². The topological polar surface area (TPSA) is 60.8 Å². The second-order valence-electron chi connectivity index (χ2n) is 8.47. The molecule has 0 saturated heterocycles. The van der Waals surface area contributed by atoms with Crippen molar-refractivity contribution in [2.45, 2.75) is 50.7 Å². The van der Waals surface area contributed by atoms with E-state index < -0.39 is 6.10 Å². The maximum absolute atomic E-state index is 11.7. The molecule has 28 heavy (non-hydrogen) atoms. The van der Waals surface area contributed by atoms with Crippen molar-refractivity contribution in [3.63, 3.8) is 0 Å². The van der Waals surface area contributed by atoms with Crippen molar-refractivity contribution in [1.29, 1.82) is 0 Å². The molecule has 4 heteroatoms. The summed E-state index contributed by atoms with van der Waals surface area (Å²) < 4.78 is 0. The SMILES string of the molecule is CN(C)C(=O)CCCCC1=C[C@H]2C[C@@H](O)[C@H](/C=C/[C@H](O)c3ccccc3)[C@H]2C1. The van der Waals surface area contributed by atoms with Crippen LogP contribution in [0, 0.1) is 17.8 Å². The molecule has 1 saturated carbocycles. The van der Waals surface area contributed by atoms with Crippen molar-refractivity contribution in [2.75, 3.05) is 14.1 Å². The number of aliphatic hydroxyl groups is 2. The smallest absolute Gasteiger partial charge is 0.222 e. The number of rotatable bonds is 8. The van der Waals surface area contributed by atoms with E-state index >= 15 is 0 Å². The highest BCUT2D eigenvalue weighted by Crippen LogP contribution is 2.48. The van der Waals surface area contributed by atoms with Crippen LogP contribution in [0.4, 0.5) is 0 Å². The molecule has 0 bridgehead atoms. The molecule has 2 aliphatic carbocycles. The van der Waals surface area contributed by atoms with Gasteiger partial charge in [-0.3, -0.25) is 4.79 Å². The monoisotopic (exact) mass is 383 g/mol. The van der Waals surface area contributed by atoms with Crippen LogP contribution in [0.15, 0.2) is 54.1 Å². The van der Waals surface area contributed by atoms with E-state index in [1.54, 1.807) is 19.0 Å². The van der Waals surface area contributed by atoms with Gasteiger partial charge in [0.05, 0.1) is 12.2 Å². The maximum atomic E-state index is 11.7. The number of nitrogens with zero attached hydrogens (tertiary/aromatic N) is 1. The zero-order valence-corrected chi connectivity index (χ0v) is 17.0. The van der Waals surface area contributed by atoms with Crippen molar-refractivity contribution < 1.29 is 15.0 Å². The van der Waals surface area contributed by atoms with Gasteiger partial charge < -0.3 is 15.1 Å². The third kappa shape index (κ3) is 5.12. The van der Waals surface area contributed by atoms with Gasteiger partial charge in [-0.05, 0) is 49.5 Å². The summed E-state index contributed by atoms with van der Waals surface area (Å²) in [4.78, 5) is 13.3. The molecule has 0 radical (unpaired) electrons. The molecule has 1 aromatic rings. The van der Waals surface area contributed by atoms with Crippen LogP contribution in [-0.4, -0.2) is 41.2 Å². The minimum atomic E-state index is -0.629. The lowest BCUT2D eigenvalue weighted by molar-refractivity contribution is -0.128. The van der Waals surface area contributed by atoms with Crippen LogP contribution in [0.25, 0.3) is 0 Å². The van der Waals surface area contributed by atoms with E-state index in [1.165, 1.54) is 5.57 Å². The molecule has 1 aromatic carbocycles. The van der Waals surface area contributed by atoms with Crippen molar-refractivity contribution in [2.24, 2.45) is 17.8 Å². The van der Waals surface area contributed by atoms with Gasteiger partial charge in [0.25, 0.3) is 0 Å². The van der Waals surface area contributed by atoms with Gasteiger partial charge in [-0.25, -0.2) is 0 Å². The first-order chi connectivity index (χ1) is 13.5.